The van der Waals surface area contributed by atoms with Crippen molar-refractivity contribution in [2.75, 3.05) is 7.05 Å². The molecule has 1 heterocycles. The van der Waals surface area contributed by atoms with Gasteiger partial charge in [0.2, 0.25) is 0 Å². The van der Waals surface area contributed by atoms with Crippen molar-refractivity contribution in [1.29, 1.82) is 0 Å². The Kier molecular flexibility index (Phi) is 2.73. The third-order valence-corrected chi connectivity index (χ3v) is 2.92. The van der Waals surface area contributed by atoms with Crippen molar-refractivity contribution in [1.82, 2.24) is 15.1 Å². The second-order valence-electron chi connectivity index (χ2n) is 3.75. The molecule has 0 amide bonds. The molecule has 80 valence electrons. The lowest BCUT2D eigenvalue weighted by molar-refractivity contribution is 0.657. The molecular formula is C12H17N3. The fourth-order valence-electron chi connectivity index (χ4n) is 1.91. The molecule has 2 aromatic rings. The number of hydrogen-bond donors (Lipinski definition) is 1. The van der Waals surface area contributed by atoms with E-state index in [1.165, 1.54) is 16.5 Å². The van der Waals surface area contributed by atoms with Gasteiger partial charge < -0.3 is 5.32 Å². The van der Waals surface area contributed by atoms with E-state index in [1.807, 2.05) is 17.9 Å². The largest absolute Gasteiger partial charge is 0.313 e. The summed E-state index contributed by atoms with van der Waals surface area (Å²) in [6.45, 7) is 5.19. The highest BCUT2D eigenvalue weighted by atomic mass is 15.3. The van der Waals surface area contributed by atoms with Crippen LogP contribution in [-0.2, 0) is 6.54 Å². The highest BCUT2D eigenvalue weighted by Gasteiger charge is 2.09. The Morgan fingerprint density at radius 1 is 1.47 bits per heavy atom. The summed E-state index contributed by atoms with van der Waals surface area (Å²) in [4.78, 5) is 0. The molecule has 0 spiro atoms. The van der Waals surface area contributed by atoms with Crippen LogP contribution >= 0.6 is 0 Å². The first kappa shape index (κ1) is 10.2. The second kappa shape index (κ2) is 4.03. The normalized spacial score (nSPS) is 13.3. The molecule has 1 atom stereocenters. The van der Waals surface area contributed by atoms with Crippen molar-refractivity contribution in [3.05, 3.63) is 30.0 Å². The van der Waals surface area contributed by atoms with Gasteiger partial charge in [-0.1, -0.05) is 12.1 Å². The molecule has 0 saturated heterocycles. The second-order valence-corrected chi connectivity index (χ2v) is 3.75. The fraction of sp³-hybridized carbons (Fsp3) is 0.417. The summed E-state index contributed by atoms with van der Waals surface area (Å²) in [5, 5.41) is 8.89. The minimum absolute atomic E-state index is 0.364. The molecule has 3 nitrogen and oxygen atoms in total. The minimum Gasteiger partial charge on any atom is -0.313 e. The van der Waals surface area contributed by atoms with Gasteiger partial charge in [-0.2, -0.15) is 5.10 Å². The zero-order chi connectivity index (χ0) is 10.8. The zero-order valence-electron chi connectivity index (χ0n) is 9.49. The smallest absolute Gasteiger partial charge is 0.0685 e. The van der Waals surface area contributed by atoms with Gasteiger partial charge in [-0.05, 0) is 32.5 Å². The first-order chi connectivity index (χ1) is 7.27. The van der Waals surface area contributed by atoms with E-state index in [0.29, 0.717) is 6.04 Å². The van der Waals surface area contributed by atoms with Crippen molar-refractivity contribution in [2.24, 2.45) is 0 Å². The van der Waals surface area contributed by atoms with Crippen LogP contribution in [0, 0.1) is 0 Å². The van der Waals surface area contributed by atoms with Crippen LogP contribution in [0.1, 0.15) is 25.5 Å². The monoisotopic (exact) mass is 203 g/mol. The van der Waals surface area contributed by atoms with Crippen molar-refractivity contribution in [3.63, 3.8) is 0 Å². The van der Waals surface area contributed by atoms with E-state index >= 15 is 0 Å². The van der Waals surface area contributed by atoms with Gasteiger partial charge in [0.15, 0.2) is 0 Å². The van der Waals surface area contributed by atoms with E-state index in [2.05, 4.69) is 42.5 Å². The molecule has 15 heavy (non-hydrogen) atoms. The van der Waals surface area contributed by atoms with Crippen LogP contribution in [0.2, 0.25) is 0 Å². The van der Waals surface area contributed by atoms with E-state index in [0.717, 1.165) is 6.54 Å². The molecule has 1 unspecified atom stereocenters. The van der Waals surface area contributed by atoms with Gasteiger partial charge >= 0.3 is 0 Å². The summed E-state index contributed by atoms with van der Waals surface area (Å²) in [6.07, 6.45) is 1.96. The predicted octanol–water partition coefficient (Wildman–Crippen LogP) is 2.34. The molecule has 0 aliphatic carbocycles. The molecular weight excluding hydrogens is 186 g/mol. The van der Waals surface area contributed by atoms with Crippen LogP contribution in [0.25, 0.3) is 10.9 Å². The number of fused-ring (bicyclic) bond motifs is 1. The first-order valence-electron chi connectivity index (χ1n) is 5.39. The van der Waals surface area contributed by atoms with Crippen molar-refractivity contribution in [2.45, 2.75) is 26.4 Å². The summed E-state index contributed by atoms with van der Waals surface area (Å²) in [5.74, 6) is 0. The number of rotatable bonds is 3. The molecule has 0 fully saturated rings. The van der Waals surface area contributed by atoms with E-state index in [-0.39, 0.29) is 0 Å². The van der Waals surface area contributed by atoms with Crippen LogP contribution in [0.3, 0.4) is 0 Å². The Morgan fingerprint density at radius 3 is 2.93 bits per heavy atom. The average Bonchev–Trinajstić information content (AvgIpc) is 2.70. The van der Waals surface area contributed by atoms with Crippen molar-refractivity contribution in [3.8, 4) is 0 Å². The number of nitrogens with zero attached hydrogens (tertiary/aromatic N) is 2. The van der Waals surface area contributed by atoms with Gasteiger partial charge in [0.05, 0.1) is 11.7 Å². The average molecular weight is 203 g/mol. The SMILES string of the molecule is CCn1ncc2c(C(C)NC)cccc21. The maximum atomic E-state index is 4.38. The zero-order valence-corrected chi connectivity index (χ0v) is 9.49. The lowest BCUT2D eigenvalue weighted by Crippen LogP contribution is -2.12. The van der Waals surface area contributed by atoms with Gasteiger partial charge in [0, 0.05) is 18.0 Å². The molecule has 2 rings (SSSR count). The molecule has 3 heteroatoms. The number of aromatic nitrogens is 2. The fourth-order valence-corrected chi connectivity index (χ4v) is 1.91. The third-order valence-electron chi connectivity index (χ3n) is 2.92. The van der Waals surface area contributed by atoms with Crippen LogP contribution < -0.4 is 5.32 Å². The number of benzene rings is 1. The number of nitrogens with one attached hydrogen (secondary N) is 1. The molecule has 0 bridgehead atoms. The van der Waals surface area contributed by atoms with Gasteiger partial charge in [-0.15, -0.1) is 0 Å². The minimum atomic E-state index is 0.364. The summed E-state index contributed by atoms with van der Waals surface area (Å²) in [7, 11) is 1.98. The molecule has 0 saturated carbocycles. The van der Waals surface area contributed by atoms with Crippen molar-refractivity contribution >= 4 is 10.9 Å². The molecule has 1 aromatic heterocycles. The van der Waals surface area contributed by atoms with Crippen LogP contribution in [0.15, 0.2) is 24.4 Å². The molecule has 0 aliphatic rings. The number of aryl methyl sites for hydroxylation is 1. The Hall–Kier alpha value is -1.35. The molecule has 1 aromatic carbocycles. The maximum absolute atomic E-state index is 4.38. The maximum Gasteiger partial charge on any atom is 0.0685 e. The van der Waals surface area contributed by atoms with Gasteiger partial charge in [0.1, 0.15) is 0 Å². The summed E-state index contributed by atoms with van der Waals surface area (Å²) < 4.78 is 2.03. The van der Waals surface area contributed by atoms with E-state index < -0.39 is 0 Å². The highest BCUT2D eigenvalue weighted by molar-refractivity contribution is 5.82. The predicted molar refractivity (Wildman–Crippen MR) is 62.9 cm³/mol. The Bertz CT molecular complexity index is 459. The number of hydrogen-bond acceptors (Lipinski definition) is 2. The topological polar surface area (TPSA) is 29.9 Å². The summed E-state index contributed by atoms with van der Waals surface area (Å²) in [5.41, 5.74) is 2.53. The molecule has 1 N–H and O–H groups in total. The molecule has 0 aliphatic heterocycles. The van der Waals surface area contributed by atoms with E-state index in [9.17, 15) is 0 Å². The van der Waals surface area contributed by atoms with Gasteiger partial charge in [-0.3, -0.25) is 4.68 Å². The summed E-state index contributed by atoms with van der Waals surface area (Å²) in [6, 6.07) is 6.74. The van der Waals surface area contributed by atoms with E-state index in [1.54, 1.807) is 0 Å². The van der Waals surface area contributed by atoms with E-state index in [4.69, 9.17) is 0 Å². The van der Waals surface area contributed by atoms with Crippen LogP contribution in [0.5, 0.6) is 0 Å². The summed E-state index contributed by atoms with van der Waals surface area (Å²) >= 11 is 0. The quantitative estimate of drug-likeness (QED) is 0.829. The standard InChI is InChI=1S/C12H17N3/c1-4-15-12-7-5-6-10(9(2)13-3)11(12)8-14-15/h5-9,13H,4H2,1-3H3. The molecule has 0 radical (unpaired) electrons. The van der Waals surface area contributed by atoms with Crippen molar-refractivity contribution < 1.29 is 0 Å². The lowest BCUT2D eigenvalue weighted by atomic mass is 10.0. The Morgan fingerprint density at radius 2 is 2.27 bits per heavy atom. The third kappa shape index (κ3) is 1.63. The Labute approximate surface area is 90.1 Å². The Balaban J connectivity index is 2.61. The van der Waals surface area contributed by atoms with Crippen LogP contribution in [-0.4, -0.2) is 16.8 Å². The highest BCUT2D eigenvalue weighted by Crippen LogP contribution is 2.23. The lowest BCUT2D eigenvalue weighted by Gasteiger charge is -2.11. The first-order valence-corrected chi connectivity index (χ1v) is 5.39. The van der Waals surface area contributed by atoms with Gasteiger partial charge in [0.25, 0.3) is 0 Å². The van der Waals surface area contributed by atoms with Gasteiger partial charge in [-0.25, -0.2) is 0 Å². The van der Waals surface area contributed by atoms with Crippen LogP contribution in [0.4, 0.5) is 0 Å².